The minimum Gasteiger partial charge on any atom is -0.507 e. The fraction of sp³-hybridized carbons (Fsp3) is 0.400. The van der Waals surface area contributed by atoms with E-state index in [1.807, 2.05) is 6.92 Å². The largest absolute Gasteiger partial charge is 0.507 e. The molecule has 5 nitrogen and oxygen atoms in total. The highest BCUT2D eigenvalue weighted by Crippen LogP contribution is 2.39. The lowest BCUT2D eigenvalue weighted by Gasteiger charge is -2.30. The van der Waals surface area contributed by atoms with Gasteiger partial charge in [0, 0.05) is 0 Å². The predicted molar refractivity (Wildman–Crippen MR) is 118 cm³/mol. The number of benzene rings is 2. The van der Waals surface area contributed by atoms with E-state index < -0.39 is 23.1 Å². The van der Waals surface area contributed by atoms with Gasteiger partial charge in [-0.05, 0) is 62.4 Å². The van der Waals surface area contributed by atoms with E-state index in [9.17, 15) is 23.1 Å². The molecule has 176 valence electrons. The van der Waals surface area contributed by atoms with E-state index in [1.165, 1.54) is 24.3 Å². The monoisotopic (exact) mass is 462 g/mol. The quantitative estimate of drug-likeness (QED) is 0.570. The summed E-state index contributed by atoms with van der Waals surface area (Å²) >= 11 is 0. The zero-order valence-corrected chi connectivity index (χ0v) is 18.6. The number of ether oxygens (including phenoxy) is 1. The van der Waals surface area contributed by atoms with E-state index in [1.54, 1.807) is 12.1 Å². The van der Waals surface area contributed by atoms with Gasteiger partial charge >= 0.3 is 6.18 Å². The van der Waals surface area contributed by atoms with Crippen molar-refractivity contribution in [3.05, 3.63) is 63.5 Å². The summed E-state index contributed by atoms with van der Waals surface area (Å²) in [5, 5.41) is 10.4. The summed E-state index contributed by atoms with van der Waals surface area (Å²) in [4.78, 5) is 14.3. The first kappa shape index (κ1) is 23.2. The maximum absolute atomic E-state index is 14.0. The van der Waals surface area contributed by atoms with Crippen LogP contribution in [0.2, 0.25) is 0 Å². The highest BCUT2D eigenvalue weighted by Gasteiger charge is 2.41. The van der Waals surface area contributed by atoms with Crippen molar-refractivity contribution in [2.75, 3.05) is 6.54 Å². The number of phenols is 1. The van der Waals surface area contributed by atoms with Crippen molar-refractivity contribution in [1.29, 1.82) is 0 Å². The molecule has 1 aliphatic rings. The van der Waals surface area contributed by atoms with Crippen LogP contribution in [0.25, 0.3) is 11.0 Å². The van der Waals surface area contributed by atoms with Gasteiger partial charge in [-0.3, -0.25) is 4.79 Å². The number of phenolic OH excluding ortho intramolecular Hbond substituents is 1. The number of piperidine rings is 1. The first-order valence-electron chi connectivity index (χ1n) is 11.2. The Morgan fingerprint density at radius 1 is 1.15 bits per heavy atom. The van der Waals surface area contributed by atoms with Crippen LogP contribution in [0.15, 0.2) is 45.6 Å². The average Bonchev–Trinajstić information content (AvgIpc) is 2.78. The van der Waals surface area contributed by atoms with Gasteiger partial charge in [0.15, 0.2) is 5.58 Å². The maximum Gasteiger partial charge on any atom is 0.453 e. The van der Waals surface area contributed by atoms with Gasteiger partial charge in [-0.15, -0.1) is 0 Å². The molecule has 1 aliphatic heterocycles. The van der Waals surface area contributed by atoms with Crippen LogP contribution in [0, 0.1) is 0 Å². The van der Waals surface area contributed by atoms with Crippen molar-refractivity contribution < 1.29 is 32.3 Å². The van der Waals surface area contributed by atoms with E-state index in [2.05, 4.69) is 6.92 Å². The minimum atomic E-state index is -4.96. The van der Waals surface area contributed by atoms with Gasteiger partial charge in [-0.25, -0.2) is 0 Å². The molecule has 1 fully saturated rings. The van der Waals surface area contributed by atoms with Gasteiger partial charge in [0.2, 0.25) is 11.2 Å². The Hall–Kier alpha value is -3.00. The van der Waals surface area contributed by atoms with Gasteiger partial charge in [0.1, 0.15) is 18.0 Å². The highest BCUT2D eigenvalue weighted by atomic mass is 19.4. The van der Waals surface area contributed by atoms with Gasteiger partial charge in [0.25, 0.3) is 5.76 Å². The van der Waals surface area contributed by atoms with Crippen molar-refractivity contribution >= 4 is 11.0 Å². The third kappa shape index (κ3) is 4.71. The third-order valence-corrected chi connectivity index (χ3v) is 6.39. The highest BCUT2D eigenvalue weighted by molar-refractivity contribution is 5.83. The smallest absolute Gasteiger partial charge is 0.453 e. The second-order valence-electron chi connectivity index (χ2n) is 8.61. The first-order chi connectivity index (χ1) is 15.7. The molecule has 0 bridgehead atoms. The molecule has 2 heterocycles. The third-order valence-electron chi connectivity index (χ3n) is 6.39. The number of quaternary nitrogens is 1. The molecule has 2 aromatic carbocycles. The molecule has 8 heteroatoms. The fourth-order valence-electron chi connectivity index (χ4n) is 4.39. The Bertz CT molecular complexity index is 1200. The molecule has 2 N–H and O–H groups in total. The van der Waals surface area contributed by atoms with Crippen LogP contribution in [-0.2, 0) is 19.1 Å². The van der Waals surface area contributed by atoms with E-state index >= 15 is 0 Å². The molecule has 0 spiro atoms. The molecule has 0 aliphatic carbocycles. The Morgan fingerprint density at radius 2 is 1.88 bits per heavy atom. The molecule has 3 aromatic rings. The maximum atomic E-state index is 14.0. The van der Waals surface area contributed by atoms with Crippen LogP contribution in [-0.4, -0.2) is 17.7 Å². The summed E-state index contributed by atoms with van der Waals surface area (Å²) in [7, 11) is 0. The molecule has 2 unspecified atom stereocenters. The Labute approximate surface area is 189 Å². The summed E-state index contributed by atoms with van der Waals surface area (Å²) in [6.45, 7) is 5.13. The summed E-state index contributed by atoms with van der Waals surface area (Å²) < 4.78 is 52.6. The van der Waals surface area contributed by atoms with Crippen molar-refractivity contribution in [3.8, 4) is 17.2 Å². The van der Waals surface area contributed by atoms with Gasteiger partial charge in [-0.2, -0.15) is 13.2 Å². The first-order valence-corrected chi connectivity index (χ1v) is 11.2. The van der Waals surface area contributed by atoms with Crippen LogP contribution in [0.1, 0.15) is 50.0 Å². The minimum absolute atomic E-state index is 0.0555. The molecule has 4 rings (SSSR count). The molecule has 0 saturated carbocycles. The van der Waals surface area contributed by atoms with Crippen LogP contribution < -0.4 is 15.1 Å². The lowest BCUT2D eigenvalue weighted by atomic mass is 10.0. The number of hydrogen-bond donors (Lipinski definition) is 2. The summed E-state index contributed by atoms with van der Waals surface area (Å²) in [6.07, 6.45) is -1.11. The topological polar surface area (TPSA) is 64.1 Å². The molecule has 0 radical (unpaired) electrons. The lowest BCUT2D eigenvalue weighted by molar-refractivity contribution is -0.941. The van der Waals surface area contributed by atoms with Crippen LogP contribution in [0.5, 0.6) is 17.2 Å². The molecule has 2 atom stereocenters. The van der Waals surface area contributed by atoms with Crippen LogP contribution in [0.3, 0.4) is 0 Å². The normalized spacial score (nSPS) is 19.1. The molecule has 1 aromatic heterocycles. The van der Waals surface area contributed by atoms with E-state index in [-0.39, 0.29) is 40.6 Å². The molecular formula is C25H27F3NO4+. The van der Waals surface area contributed by atoms with Crippen molar-refractivity contribution in [1.82, 2.24) is 0 Å². The van der Waals surface area contributed by atoms with Crippen molar-refractivity contribution in [2.24, 2.45) is 0 Å². The predicted octanol–water partition coefficient (Wildman–Crippen LogP) is 4.83. The van der Waals surface area contributed by atoms with Crippen molar-refractivity contribution in [3.63, 3.8) is 0 Å². The number of likely N-dealkylation sites (tertiary alicyclic amines) is 1. The zero-order chi connectivity index (χ0) is 23.8. The Morgan fingerprint density at radius 3 is 2.52 bits per heavy atom. The van der Waals surface area contributed by atoms with Crippen LogP contribution >= 0.6 is 0 Å². The zero-order valence-electron chi connectivity index (χ0n) is 18.6. The van der Waals surface area contributed by atoms with E-state index in [0.717, 1.165) is 42.7 Å². The second-order valence-corrected chi connectivity index (χ2v) is 8.61. The number of fused-ring (bicyclic) bond motifs is 1. The van der Waals surface area contributed by atoms with Gasteiger partial charge in [-0.1, -0.05) is 19.1 Å². The number of halogens is 3. The number of aromatic hydroxyl groups is 1. The number of rotatable bonds is 5. The molecule has 33 heavy (non-hydrogen) atoms. The summed E-state index contributed by atoms with van der Waals surface area (Å²) in [6, 6.07) is 9.39. The standard InChI is InChI=1S/C25H26F3NO4/c1-3-16-7-9-17(10-8-16)32-23-21(31)18-11-12-20(30)19(14-29-13-5-4-6-15(29)2)22(18)33-24(23)25(26,27)28/h7-12,15,30H,3-6,13-14H2,1-2H3/p+1. The van der Waals surface area contributed by atoms with Crippen LogP contribution in [0.4, 0.5) is 13.2 Å². The van der Waals surface area contributed by atoms with Gasteiger partial charge in [0.05, 0.1) is 23.5 Å². The lowest BCUT2D eigenvalue weighted by Crippen LogP contribution is -3.14. The fourth-order valence-corrected chi connectivity index (χ4v) is 4.39. The van der Waals surface area contributed by atoms with E-state index in [0.29, 0.717) is 0 Å². The SMILES string of the molecule is CCc1ccc(Oc2c(C(F)(F)F)oc3c(C[NH+]4CCCCC4C)c(O)ccc3c2=O)cc1. The van der Waals surface area contributed by atoms with E-state index in [4.69, 9.17) is 9.15 Å². The molecular weight excluding hydrogens is 435 g/mol. The summed E-state index contributed by atoms with van der Waals surface area (Å²) in [5.41, 5.74) is 0.0218. The second kappa shape index (κ2) is 9.09. The average molecular weight is 462 g/mol. The number of aryl methyl sites for hydroxylation is 1. The summed E-state index contributed by atoms with van der Waals surface area (Å²) in [5.74, 6) is -2.49. The van der Waals surface area contributed by atoms with Crippen molar-refractivity contribution in [2.45, 2.75) is 58.3 Å². The molecule has 0 amide bonds. The number of nitrogens with one attached hydrogen (secondary N) is 1. The number of alkyl halides is 3. The molecule has 1 saturated heterocycles. The Kier molecular flexibility index (Phi) is 6.38. The number of hydrogen-bond acceptors (Lipinski definition) is 4. The Balaban J connectivity index is 1.85. The van der Waals surface area contributed by atoms with Gasteiger partial charge < -0.3 is 19.2 Å².